The van der Waals surface area contributed by atoms with Gasteiger partial charge in [-0.1, -0.05) is 160 Å². The number of hydrogen-bond acceptors (Lipinski definition) is 0. The molecule has 5 heteroatoms. The van der Waals surface area contributed by atoms with E-state index in [0.717, 1.165) is 6.42 Å². The molecule has 0 fully saturated rings. The lowest BCUT2D eigenvalue weighted by molar-refractivity contribution is -0.633. The minimum atomic E-state index is 0.535. The van der Waals surface area contributed by atoms with Crippen molar-refractivity contribution in [1.29, 1.82) is 0 Å². The normalized spacial score (nSPS) is 11.3. The van der Waals surface area contributed by atoms with Crippen LogP contribution < -0.4 is 22.8 Å². The van der Waals surface area contributed by atoms with Crippen LogP contribution in [0.5, 0.6) is 0 Å². The third-order valence-corrected chi connectivity index (χ3v) is 23.3. The summed E-state index contributed by atoms with van der Waals surface area (Å²) in [5.41, 5.74) is 44.0. The minimum Gasteiger partial charge on any atom is -0.194 e. The molecule has 15 aromatic rings. The summed E-state index contributed by atoms with van der Waals surface area (Å²) in [7, 11) is 10.8. The number of hydrogen-bond donors (Lipinski definition) is 0. The van der Waals surface area contributed by atoms with Crippen LogP contribution in [0.25, 0.3) is 111 Å². The van der Waals surface area contributed by atoms with Crippen molar-refractivity contribution in [2.75, 3.05) is 0 Å². The Bertz CT molecular complexity index is 5690. The Morgan fingerprint density at radius 3 is 0.773 bits per heavy atom. The predicted molar refractivity (Wildman–Crippen MR) is 471 cm³/mol. The highest BCUT2D eigenvalue weighted by Crippen LogP contribution is 2.35. The average molecular weight is 1450 g/mol. The van der Waals surface area contributed by atoms with Crippen molar-refractivity contribution in [3.05, 3.63) is 325 Å². The second-order valence-electron chi connectivity index (χ2n) is 32.6. The van der Waals surface area contributed by atoms with Crippen molar-refractivity contribution in [2.45, 2.75) is 164 Å². The maximum Gasteiger partial charge on any atom is 0.213 e. The lowest BCUT2D eigenvalue weighted by Gasteiger charge is -2.12. The summed E-state index contributed by atoms with van der Waals surface area (Å²) in [6.07, 6.45) is 1.12. The molecule has 0 bridgehead atoms. The predicted octanol–water partition coefficient (Wildman–Crippen LogP) is 24.7. The number of fused-ring (bicyclic) bond motifs is 5. The molecule has 0 N–H and O–H groups in total. The molecule has 15 rings (SSSR count). The maximum absolute atomic E-state index is 2.35. The largest absolute Gasteiger partial charge is 0.213 e. The Hall–Kier alpha value is -10.8. The first-order valence-corrected chi connectivity index (χ1v) is 39.7. The van der Waals surface area contributed by atoms with Gasteiger partial charge in [-0.25, -0.2) is 0 Å². The van der Waals surface area contributed by atoms with Gasteiger partial charge >= 0.3 is 0 Å². The maximum atomic E-state index is 2.35. The van der Waals surface area contributed by atoms with Gasteiger partial charge < -0.3 is 0 Å². The van der Waals surface area contributed by atoms with Crippen LogP contribution >= 0.6 is 0 Å². The van der Waals surface area contributed by atoms with Gasteiger partial charge in [0.2, 0.25) is 56.1 Å². The highest BCUT2D eigenvalue weighted by molar-refractivity contribution is 5.85. The van der Waals surface area contributed by atoms with Gasteiger partial charge in [0.15, 0.2) is 0 Å². The Kier molecular flexibility index (Phi) is 24.8. The summed E-state index contributed by atoms with van der Waals surface area (Å²) in [6.45, 7) is 46.5. The van der Waals surface area contributed by atoms with E-state index in [-0.39, 0.29) is 0 Å². The molecule has 0 saturated carbocycles. The van der Waals surface area contributed by atoms with E-state index in [1.54, 1.807) is 0 Å². The molecule has 0 aliphatic rings. The molecular formula is C105H120N5+5. The average Bonchev–Trinajstić information content (AvgIpc) is 0.768. The number of pyridine rings is 5. The molecule has 5 nitrogen and oxygen atoms in total. The van der Waals surface area contributed by atoms with E-state index in [2.05, 4.69) is 428 Å². The van der Waals surface area contributed by atoms with Gasteiger partial charge in [0, 0.05) is 115 Å². The minimum absolute atomic E-state index is 0.535. The Morgan fingerprint density at radius 1 is 0.236 bits per heavy atom. The van der Waals surface area contributed by atoms with E-state index in [1.807, 2.05) is 0 Å². The van der Waals surface area contributed by atoms with Crippen molar-refractivity contribution in [3.8, 4) is 56.3 Å². The van der Waals surface area contributed by atoms with Crippen LogP contribution in [0.1, 0.15) is 154 Å². The van der Waals surface area contributed by atoms with Crippen molar-refractivity contribution < 1.29 is 22.8 Å². The molecule has 0 aliphatic carbocycles. The molecule has 560 valence electrons. The fourth-order valence-electron chi connectivity index (χ4n) is 16.6. The topological polar surface area (TPSA) is 19.4 Å². The van der Waals surface area contributed by atoms with Gasteiger partial charge in [-0.3, -0.25) is 0 Å². The molecule has 0 aliphatic heterocycles. The van der Waals surface area contributed by atoms with E-state index < -0.39 is 0 Å². The Balaban J connectivity index is 0.000000137. The van der Waals surface area contributed by atoms with Gasteiger partial charge in [-0.15, -0.1) is 0 Å². The number of rotatable bonds is 9. The molecule has 10 aromatic carbocycles. The monoisotopic (exact) mass is 1450 g/mol. The van der Waals surface area contributed by atoms with Crippen LogP contribution in [0, 0.1) is 110 Å². The van der Waals surface area contributed by atoms with Crippen molar-refractivity contribution in [2.24, 2.45) is 41.2 Å². The lowest BCUT2D eigenvalue weighted by Crippen LogP contribution is -2.32. The van der Waals surface area contributed by atoms with Crippen LogP contribution in [0.2, 0.25) is 0 Å². The molecule has 5 heterocycles. The fourth-order valence-corrected chi connectivity index (χ4v) is 16.6. The van der Waals surface area contributed by atoms with Gasteiger partial charge in [0.05, 0.1) is 0 Å². The molecule has 0 radical (unpaired) electrons. The molecule has 0 saturated heterocycles. The van der Waals surface area contributed by atoms with E-state index in [1.165, 1.54) is 211 Å². The summed E-state index contributed by atoms with van der Waals surface area (Å²) < 4.78 is 11.6. The summed E-state index contributed by atoms with van der Waals surface area (Å²) in [5, 5.41) is 6.65. The van der Waals surface area contributed by atoms with Gasteiger partial charge in [0.1, 0.15) is 35.2 Å². The summed E-state index contributed by atoms with van der Waals surface area (Å²) >= 11 is 0. The van der Waals surface area contributed by atoms with Crippen LogP contribution in [-0.4, -0.2) is 0 Å². The zero-order chi connectivity index (χ0) is 79.4. The Labute approximate surface area is 658 Å². The van der Waals surface area contributed by atoms with Crippen molar-refractivity contribution in [3.63, 3.8) is 0 Å². The standard InChI is InChI=1S/C23H28N.2C22H26N.2C19H20N/c1-15(2)12-19-8-7-9-22-20(19)10-11-23(24(22)6)21-14-16(3)13-17(4)18(21)5;2*1-14(2)18-8-7-9-21-19(18)10-11-22(23(21)6)20-13-15(3)12-16(4)17(20)5;2*1-13-11-14(2)15(3)17(12-13)19-10-9-16-7-5-6-8-18(16)20(19)4/h7-11,13-15H,12H2,1-6H3;2*7-14H,1-6H3;2*5-12H,1-4H3/q5*+1. The first kappa shape index (κ1) is 80.3. The lowest BCUT2D eigenvalue weighted by atomic mass is 9.95. The summed E-state index contributed by atoms with van der Waals surface area (Å²) in [4.78, 5) is 0. The molecule has 5 aromatic heterocycles. The first-order chi connectivity index (χ1) is 52.3. The van der Waals surface area contributed by atoms with E-state index >= 15 is 0 Å². The molecule has 0 atom stereocenters. The zero-order valence-electron chi connectivity index (χ0n) is 71.0. The number of nitrogens with zero attached hydrogens (tertiary/aromatic N) is 5. The van der Waals surface area contributed by atoms with Crippen LogP contribution in [-0.2, 0) is 41.7 Å². The number of benzene rings is 10. The summed E-state index contributed by atoms with van der Waals surface area (Å²) in [5.74, 6) is 1.74. The third kappa shape index (κ3) is 17.0. The molecule has 0 spiro atoms. The van der Waals surface area contributed by atoms with Crippen LogP contribution in [0.3, 0.4) is 0 Å². The molecular weight excluding hydrogens is 1330 g/mol. The van der Waals surface area contributed by atoms with Crippen LogP contribution in [0.4, 0.5) is 0 Å². The van der Waals surface area contributed by atoms with Crippen molar-refractivity contribution in [1.82, 2.24) is 0 Å². The van der Waals surface area contributed by atoms with E-state index in [9.17, 15) is 0 Å². The second-order valence-corrected chi connectivity index (χ2v) is 32.6. The molecule has 0 unspecified atom stereocenters. The fraction of sp³-hybridized carbons (Fsp3) is 0.286. The van der Waals surface area contributed by atoms with Gasteiger partial charge in [-0.2, -0.15) is 22.8 Å². The highest BCUT2D eigenvalue weighted by Gasteiger charge is 2.25. The zero-order valence-corrected chi connectivity index (χ0v) is 71.0. The van der Waals surface area contributed by atoms with Crippen molar-refractivity contribution >= 4 is 54.5 Å². The molecule has 110 heavy (non-hydrogen) atoms. The SMILES string of the molecule is Cc1cc(C)c(C)c(-c2ccc3c(C(C)C)cccc3[n+]2C)c1.Cc1cc(C)c(C)c(-c2ccc3c(C(C)C)cccc3[n+]2C)c1.Cc1cc(C)c(C)c(-c2ccc3c(CC(C)C)cccc3[n+]2C)c1.Cc1cc(C)c(C)c(-c2ccc3ccccc3[n+]2C)c1.Cc1cc(C)c(C)c(-c2ccc3ccccc3[n+]2C)c1. The number of para-hydroxylation sites is 2. The Morgan fingerprint density at radius 2 is 0.482 bits per heavy atom. The van der Waals surface area contributed by atoms with E-state index in [0.29, 0.717) is 17.8 Å². The second kappa shape index (κ2) is 34.0. The smallest absolute Gasteiger partial charge is 0.194 e. The third-order valence-electron chi connectivity index (χ3n) is 23.3. The van der Waals surface area contributed by atoms with Gasteiger partial charge in [-0.05, 0) is 273 Å². The number of aromatic nitrogens is 5. The quantitative estimate of drug-likeness (QED) is 0.128. The van der Waals surface area contributed by atoms with Gasteiger partial charge in [0.25, 0.3) is 0 Å². The van der Waals surface area contributed by atoms with E-state index in [4.69, 9.17) is 0 Å². The highest BCUT2D eigenvalue weighted by atomic mass is 15.0. The first-order valence-electron chi connectivity index (χ1n) is 39.7. The van der Waals surface area contributed by atoms with Crippen LogP contribution in [0.15, 0.2) is 224 Å². The molecule has 0 amide bonds. The summed E-state index contributed by atoms with van der Waals surface area (Å²) in [6, 6.07) is 82.4. The number of aryl methyl sites for hydroxylation is 15.